The lowest BCUT2D eigenvalue weighted by Gasteiger charge is -2.17. The minimum Gasteiger partial charge on any atom is -0.469 e. The Morgan fingerprint density at radius 3 is 2.95 bits per heavy atom. The van der Waals surface area contributed by atoms with E-state index in [1.165, 1.54) is 23.1 Å². The highest BCUT2D eigenvalue weighted by Gasteiger charge is 2.51. The molecule has 0 spiro atoms. The minimum atomic E-state index is 0.0864. The molecule has 0 amide bonds. The molecule has 2 heteroatoms. The molecule has 0 radical (unpaired) electrons. The van der Waals surface area contributed by atoms with Gasteiger partial charge in [0.05, 0.1) is 18.0 Å². The molecule has 22 heavy (non-hydrogen) atoms. The standard InChI is InChI=1S/C20H28O2/c1-14(2)17-7-5-15(3)11-18-12-16(13-21-18)6-8-19-20(4,22-19)10-9-17/h5,12-13,17,19H,1,6-11H2,2-4H3/b15-5+/t17-,19+,20+/m0/s1. The number of ether oxygens (including phenoxy) is 1. The Morgan fingerprint density at radius 2 is 2.18 bits per heavy atom. The molecule has 1 aromatic rings. The lowest BCUT2D eigenvalue weighted by atomic mass is 9.87. The molecule has 1 aliphatic carbocycles. The molecular formula is C20H28O2. The molecule has 2 nitrogen and oxygen atoms in total. The van der Waals surface area contributed by atoms with Crippen LogP contribution in [0.5, 0.6) is 0 Å². The third-order valence-corrected chi connectivity index (χ3v) is 5.33. The summed E-state index contributed by atoms with van der Waals surface area (Å²) in [5, 5.41) is 0. The number of furan rings is 1. The zero-order valence-electron chi connectivity index (χ0n) is 14.2. The first-order chi connectivity index (χ1) is 10.5. The second-order valence-electron chi connectivity index (χ2n) is 7.42. The summed E-state index contributed by atoms with van der Waals surface area (Å²) < 4.78 is 11.7. The van der Waals surface area contributed by atoms with Gasteiger partial charge in [-0.25, -0.2) is 0 Å². The SMILES string of the molecule is C=C(C)[C@H]1C/C=C(\C)Cc2cc(co2)CC[C@H]2O[C@]2(C)CC1. The summed E-state index contributed by atoms with van der Waals surface area (Å²) >= 11 is 0. The fourth-order valence-corrected chi connectivity index (χ4v) is 3.54. The van der Waals surface area contributed by atoms with Gasteiger partial charge in [0, 0.05) is 6.42 Å². The number of hydrogen-bond acceptors (Lipinski definition) is 2. The van der Waals surface area contributed by atoms with Gasteiger partial charge in [0.2, 0.25) is 0 Å². The highest BCUT2D eigenvalue weighted by Crippen LogP contribution is 2.44. The number of aryl methyl sites for hydroxylation is 1. The summed E-state index contributed by atoms with van der Waals surface area (Å²) in [4.78, 5) is 0. The monoisotopic (exact) mass is 300 g/mol. The van der Waals surface area contributed by atoms with E-state index in [4.69, 9.17) is 9.15 Å². The van der Waals surface area contributed by atoms with Crippen molar-refractivity contribution in [3.05, 3.63) is 47.5 Å². The molecule has 3 rings (SSSR count). The van der Waals surface area contributed by atoms with Crippen molar-refractivity contribution in [1.29, 1.82) is 0 Å². The van der Waals surface area contributed by atoms with Crippen molar-refractivity contribution in [1.82, 2.24) is 0 Å². The van der Waals surface area contributed by atoms with Crippen LogP contribution in [0, 0.1) is 5.92 Å². The average molecular weight is 300 g/mol. The van der Waals surface area contributed by atoms with Gasteiger partial charge in [0.1, 0.15) is 5.76 Å². The van der Waals surface area contributed by atoms with Crippen molar-refractivity contribution in [2.45, 2.75) is 71.0 Å². The van der Waals surface area contributed by atoms with Crippen molar-refractivity contribution in [2.24, 2.45) is 5.92 Å². The number of rotatable bonds is 1. The molecule has 1 fully saturated rings. The van der Waals surface area contributed by atoms with Gasteiger partial charge in [-0.05, 0) is 70.4 Å². The van der Waals surface area contributed by atoms with Gasteiger partial charge in [-0.15, -0.1) is 0 Å². The number of fused-ring (bicyclic) bond motifs is 3. The molecule has 2 aliphatic rings. The Hall–Kier alpha value is -1.28. The summed E-state index contributed by atoms with van der Waals surface area (Å²) in [7, 11) is 0. The van der Waals surface area contributed by atoms with E-state index < -0.39 is 0 Å². The number of hydrogen-bond donors (Lipinski definition) is 0. The summed E-state index contributed by atoms with van der Waals surface area (Å²) in [6.45, 7) is 10.8. The molecule has 0 N–H and O–H groups in total. The van der Waals surface area contributed by atoms with Gasteiger partial charge in [0.15, 0.2) is 0 Å². The van der Waals surface area contributed by atoms with Crippen LogP contribution < -0.4 is 0 Å². The van der Waals surface area contributed by atoms with Crippen molar-refractivity contribution >= 4 is 0 Å². The summed E-state index contributed by atoms with van der Waals surface area (Å²) in [5.74, 6) is 1.64. The number of allylic oxidation sites excluding steroid dienone is 3. The Kier molecular flexibility index (Phi) is 4.31. The van der Waals surface area contributed by atoms with Crippen molar-refractivity contribution < 1.29 is 9.15 Å². The van der Waals surface area contributed by atoms with E-state index in [1.54, 1.807) is 0 Å². The fourth-order valence-electron chi connectivity index (χ4n) is 3.54. The first kappa shape index (κ1) is 15.6. The van der Waals surface area contributed by atoms with Crippen molar-refractivity contribution in [3.8, 4) is 0 Å². The topological polar surface area (TPSA) is 25.7 Å². The van der Waals surface area contributed by atoms with Crippen LogP contribution in [-0.4, -0.2) is 11.7 Å². The summed E-state index contributed by atoms with van der Waals surface area (Å²) in [5.41, 5.74) is 4.06. The Morgan fingerprint density at radius 1 is 1.36 bits per heavy atom. The molecule has 0 saturated carbocycles. The molecule has 2 bridgehead atoms. The van der Waals surface area contributed by atoms with Crippen LogP contribution in [0.15, 0.2) is 40.5 Å². The van der Waals surface area contributed by atoms with Crippen LogP contribution in [0.1, 0.15) is 57.8 Å². The lowest BCUT2D eigenvalue weighted by Crippen LogP contribution is -2.13. The third-order valence-electron chi connectivity index (χ3n) is 5.33. The molecule has 2 heterocycles. The van der Waals surface area contributed by atoms with Gasteiger partial charge in [-0.3, -0.25) is 0 Å². The zero-order chi connectivity index (χ0) is 15.7. The van der Waals surface area contributed by atoms with E-state index in [0.29, 0.717) is 12.0 Å². The van der Waals surface area contributed by atoms with Crippen LogP contribution in [0.2, 0.25) is 0 Å². The van der Waals surface area contributed by atoms with Crippen LogP contribution >= 0.6 is 0 Å². The minimum absolute atomic E-state index is 0.0864. The van der Waals surface area contributed by atoms with Gasteiger partial charge >= 0.3 is 0 Å². The molecule has 1 aliphatic heterocycles. The number of epoxide rings is 1. The van der Waals surface area contributed by atoms with Crippen LogP contribution in [0.25, 0.3) is 0 Å². The fraction of sp³-hybridized carbons (Fsp3) is 0.600. The second-order valence-corrected chi connectivity index (χ2v) is 7.42. The highest BCUT2D eigenvalue weighted by molar-refractivity contribution is 5.19. The molecule has 1 saturated heterocycles. The normalized spacial score (nSPS) is 35.0. The van der Waals surface area contributed by atoms with Gasteiger partial charge in [-0.2, -0.15) is 0 Å². The molecule has 0 unspecified atom stereocenters. The highest BCUT2D eigenvalue weighted by atomic mass is 16.6. The molecular weight excluding hydrogens is 272 g/mol. The Balaban J connectivity index is 1.78. The van der Waals surface area contributed by atoms with E-state index in [9.17, 15) is 0 Å². The van der Waals surface area contributed by atoms with E-state index in [2.05, 4.69) is 39.5 Å². The van der Waals surface area contributed by atoms with Crippen LogP contribution in [0.3, 0.4) is 0 Å². The van der Waals surface area contributed by atoms with E-state index in [1.807, 2.05) is 6.26 Å². The maximum absolute atomic E-state index is 6.00. The van der Waals surface area contributed by atoms with Crippen LogP contribution in [0.4, 0.5) is 0 Å². The largest absolute Gasteiger partial charge is 0.469 e. The van der Waals surface area contributed by atoms with Gasteiger partial charge < -0.3 is 9.15 Å². The smallest absolute Gasteiger partial charge is 0.108 e. The Labute approximate surface area is 134 Å². The van der Waals surface area contributed by atoms with E-state index >= 15 is 0 Å². The van der Waals surface area contributed by atoms with Gasteiger partial charge in [-0.1, -0.05) is 23.8 Å². The lowest BCUT2D eigenvalue weighted by molar-refractivity contribution is 0.282. The van der Waals surface area contributed by atoms with E-state index in [0.717, 1.165) is 37.9 Å². The predicted molar refractivity (Wildman–Crippen MR) is 89.9 cm³/mol. The average Bonchev–Trinajstić information content (AvgIpc) is 2.89. The molecule has 0 aromatic carbocycles. The molecule has 3 atom stereocenters. The second kappa shape index (κ2) is 6.08. The van der Waals surface area contributed by atoms with E-state index in [-0.39, 0.29) is 5.60 Å². The first-order valence-corrected chi connectivity index (χ1v) is 8.51. The predicted octanol–water partition coefficient (Wildman–Crippen LogP) is 5.23. The summed E-state index contributed by atoms with van der Waals surface area (Å²) in [6, 6.07) is 2.21. The maximum Gasteiger partial charge on any atom is 0.108 e. The zero-order valence-corrected chi connectivity index (χ0v) is 14.2. The van der Waals surface area contributed by atoms with Crippen molar-refractivity contribution in [2.75, 3.05) is 0 Å². The molecule has 120 valence electrons. The Bertz CT molecular complexity index is 580. The van der Waals surface area contributed by atoms with Gasteiger partial charge in [0.25, 0.3) is 0 Å². The summed E-state index contributed by atoms with van der Waals surface area (Å²) in [6.07, 6.45) is 11.2. The van der Waals surface area contributed by atoms with Crippen molar-refractivity contribution in [3.63, 3.8) is 0 Å². The third kappa shape index (κ3) is 3.55. The molecule has 1 aromatic heterocycles. The quantitative estimate of drug-likeness (QED) is 0.524. The van der Waals surface area contributed by atoms with Crippen LogP contribution in [-0.2, 0) is 17.6 Å². The maximum atomic E-state index is 6.00. The first-order valence-electron chi connectivity index (χ1n) is 8.51.